The van der Waals surface area contributed by atoms with E-state index in [9.17, 15) is 14.4 Å². The number of rotatable bonds is 6. The molecule has 0 saturated carbocycles. The number of nitrogens with one attached hydrogen (secondary N) is 1. The predicted molar refractivity (Wildman–Crippen MR) is 105 cm³/mol. The molecule has 1 aliphatic heterocycles. The third-order valence-corrected chi connectivity index (χ3v) is 4.80. The van der Waals surface area contributed by atoms with E-state index in [0.717, 1.165) is 10.6 Å². The number of nitrogens with two attached hydrogens (primary N) is 1. The molecule has 1 heterocycles. The molecule has 1 aliphatic rings. The Bertz CT molecular complexity index is 741. The molecule has 0 aliphatic carbocycles. The average Bonchev–Trinajstić information content (AvgIpc) is 3.10. The van der Waals surface area contributed by atoms with Crippen LogP contribution in [0, 0.1) is 0 Å². The van der Waals surface area contributed by atoms with Gasteiger partial charge in [-0.05, 0) is 19.4 Å². The highest BCUT2D eigenvalue weighted by Crippen LogP contribution is 2.33. The van der Waals surface area contributed by atoms with Gasteiger partial charge in [0, 0.05) is 18.8 Å². The highest BCUT2D eigenvalue weighted by molar-refractivity contribution is 8.03. The van der Waals surface area contributed by atoms with E-state index < -0.39 is 18.1 Å². The summed E-state index contributed by atoms with van der Waals surface area (Å²) in [5.74, 6) is -0.165. The van der Waals surface area contributed by atoms with Crippen molar-refractivity contribution in [3.05, 3.63) is 46.6 Å². The van der Waals surface area contributed by atoms with Crippen LogP contribution in [0.4, 0.5) is 9.59 Å². The van der Waals surface area contributed by atoms with Crippen molar-refractivity contribution < 1.29 is 23.9 Å². The fraction of sp³-hybridized carbons (Fsp3) is 0.389. The normalized spacial score (nSPS) is 15.0. The number of nitrogens with zero attached hydrogens (tertiary/aromatic N) is 2. The average molecular weight is 408 g/mol. The first-order chi connectivity index (χ1) is 13.5. The van der Waals surface area contributed by atoms with Gasteiger partial charge in [0.25, 0.3) is 5.91 Å². The van der Waals surface area contributed by atoms with Crippen molar-refractivity contribution in [2.45, 2.75) is 20.4 Å². The lowest BCUT2D eigenvalue weighted by atomic mass is 10.2. The molecule has 0 radical (unpaired) electrons. The van der Waals surface area contributed by atoms with Gasteiger partial charge in [-0.15, -0.1) is 11.8 Å². The molecule has 1 aromatic rings. The fourth-order valence-corrected chi connectivity index (χ4v) is 3.74. The lowest BCUT2D eigenvalue weighted by Gasteiger charge is -2.27. The summed E-state index contributed by atoms with van der Waals surface area (Å²) in [5, 5.41) is 1.20. The minimum Gasteiger partial charge on any atom is -0.449 e. The van der Waals surface area contributed by atoms with E-state index in [0.29, 0.717) is 23.9 Å². The summed E-state index contributed by atoms with van der Waals surface area (Å²) in [5.41, 5.74) is 8.69. The lowest BCUT2D eigenvalue weighted by molar-refractivity contribution is -0.116. The quantitative estimate of drug-likeness (QED) is 0.547. The molecule has 1 saturated heterocycles. The molecular formula is C18H24N4O5S. The van der Waals surface area contributed by atoms with E-state index in [1.54, 1.807) is 13.8 Å². The second kappa shape index (κ2) is 10.5. The number of thioether (sulfide) groups is 1. The van der Waals surface area contributed by atoms with Gasteiger partial charge in [-0.2, -0.15) is 5.01 Å². The van der Waals surface area contributed by atoms with Gasteiger partial charge in [-0.3, -0.25) is 4.79 Å². The monoisotopic (exact) mass is 408 g/mol. The first-order valence-electron chi connectivity index (χ1n) is 8.83. The topological polar surface area (TPSA) is 114 Å². The van der Waals surface area contributed by atoms with Crippen LogP contribution in [0.5, 0.6) is 0 Å². The number of hydrogen-bond donors (Lipinski definition) is 2. The first-order valence-corrected chi connectivity index (χ1v) is 9.82. The van der Waals surface area contributed by atoms with Crippen LogP contribution < -0.4 is 11.2 Å². The zero-order chi connectivity index (χ0) is 20.5. The van der Waals surface area contributed by atoms with E-state index >= 15 is 0 Å². The van der Waals surface area contributed by atoms with Crippen LogP contribution in [-0.2, 0) is 20.8 Å². The van der Waals surface area contributed by atoms with Gasteiger partial charge >= 0.3 is 12.2 Å². The molecule has 152 valence electrons. The number of hydrazine groups is 1. The molecule has 10 heteroatoms. The van der Waals surface area contributed by atoms with Gasteiger partial charge < -0.3 is 20.1 Å². The number of primary amides is 1. The summed E-state index contributed by atoms with van der Waals surface area (Å²) in [7, 11) is 0. The Hall–Kier alpha value is -2.88. The third kappa shape index (κ3) is 5.56. The first kappa shape index (κ1) is 21.4. The minimum atomic E-state index is -0.927. The molecule has 1 aromatic carbocycles. The summed E-state index contributed by atoms with van der Waals surface area (Å²) in [6, 6.07) is 9.68. The van der Waals surface area contributed by atoms with Gasteiger partial charge in [-0.1, -0.05) is 30.3 Å². The van der Waals surface area contributed by atoms with E-state index in [4.69, 9.17) is 15.2 Å². The molecule has 28 heavy (non-hydrogen) atoms. The van der Waals surface area contributed by atoms with Gasteiger partial charge in [0.05, 0.1) is 13.2 Å². The van der Waals surface area contributed by atoms with Gasteiger partial charge in [0.15, 0.2) is 5.70 Å². The molecule has 2 rings (SSSR count). The van der Waals surface area contributed by atoms with Crippen LogP contribution in [0.25, 0.3) is 0 Å². The molecule has 0 aromatic heterocycles. The van der Waals surface area contributed by atoms with E-state index in [-0.39, 0.29) is 18.9 Å². The van der Waals surface area contributed by atoms with Crippen LogP contribution in [0.3, 0.4) is 0 Å². The second-order valence-corrected chi connectivity index (χ2v) is 6.72. The van der Waals surface area contributed by atoms with Gasteiger partial charge in [-0.25, -0.2) is 15.0 Å². The van der Waals surface area contributed by atoms with Crippen LogP contribution in [0.2, 0.25) is 0 Å². The maximum Gasteiger partial charge on any atom is 0.433 e. The van der Waals surface area contributed by atoms with Crippen molar-refractivity contribution in [3.8, 4) is 0 Å². The summed E-state index contributed by atoms with van der Waals surface area (Å²) in [4.78, 5) is 38.5. The zero-order valence-electron chi connectivity index (χ0n) is 15.8. The molecule has 9 nitrogen and oxygen atoms in total. The Labute approximate surface area is 167 Å². The fourth-order valence-electron chi connectivity index (χ4n) is 2.56. The zero-order valence-corrected chi connectivity index (χ0v) is 16.7. The molecule has 3 N–H and O–H groups in total. The SMILES string of the molecule is CCOC(=O)NN(C(=O)OCC)/C(C(N)=O)=C1\SCCN1Cc1ccccc1. The molecule has 0 unspecified atom stereocenters. The summed E-state index contributed by atoms with van der Waals surface area (Å²) in [6.07, 6.45) is -1.82. The molecule has 1 fully saturated rings. The van der Waals surface area contributed by atoms with E-state index in [2.05, 4.69) is 5.43 Å². The van der Waals surface area contributed by atoms with Crippen molar-refractivity contribution in [2.24, 2.45) is 5.73 Å². The van der Waals surface area contributed by atoms with Crippen molar-refractivity contribution >= 4 is 29.9 Å². The molecule has 0 spiro atoms. The second-order valence-electron chi connectivity index (χ2n) is 5.64. The Morgan fingerprint density at radius 1 is 1.18 bits per heavy atom. The van der Waals surface area contributed by atoms with Crippen LogP contribution in [0.1, 0.15) is 19.4 Å². The maximum absolute atomic E-state index is 12.4. The maximum atomic E-state index is 12.4. The highest BCUT2D eigenvalue weighted by Gasteiger charge is 2.33. The predicted octanol–water partition coefficient (Wildman–Crippen LogP) is 2.01. The molecular weight excluding hydrogens is 384 g/mol. The Balaban J connectivity index is 2.39. The molecule has 3 amide bonds. The van der Waals surface area contributed by atoms with Gasteiger partial charge in [0.1, 0.15) is 5.03 Å². The number of carbonyl (C=O) groups excluding carboxylic acids is 3. The van der Waals surface area contributed by atoms with Crippen molar-refractivity contribution in [3.63, 3.8) is 0 Å². The highest BCUT2D eigenvalue weighted by atomic mass is 32.2. The number of amides is 3. The van der Waals surface area contributed by atoms with Crippen LogP contribution >= 0.6 is 11.8 Å². The number of benzene rings is 1. The van der Waals surface area contributed by atoms with Crippen molar-refractivity contribution in [1.82, 2.24) is 15.3 Å². The lowest BCUT2D eigenvalue weighted by Crippen LogP contribution is -2.49. The summed E-state index contributed by atoms with van der Waals surface area (Å²) < 4.78 is 9.80. The smallest absolute Gasteiger partial charge is 0.433 e. The summed E-state index contributed by atoms with van der Waals surface area (Å²) >= 11 is 1.37. The molecule has 0 bridgehead atoms. The summed E-state index contributed by atoms with van der Waals surface area (Å²) in [6.45, 7) is 4.57. The van der Waals surface area contributed by atoms with E-state index in [1.165, 1.54) is 11.8 Å². The van der Waals surface area contributed by atoms with Crippen molar-refractivity contribution in [2.75, 3.05) is 25.5 Å². The van der Waals surface area contributed by atoms with Crippen molar-refractivity contribution in [1.29, 1.82) is 0 Å². The Morgan fingerprint density at radius 3 is 2.46 bits per heavy atom. The Morgan fingerprint density at radius 2 is 1.86 bits per heavy atom. The van der Waals surface area contributed by atoms with Crippen LogP contribution in [0.15, 0.2) is 41.1 Å². The third-order valence-electron chi connectivity index (χ3n) is 3.69. The van der Waals surface area contributed by atoms with E-state index in [1.807, 2.05) is 35.2 Å². The number of hydrogen-bond acceptors (Lipinski definition) is 7. The molecule has 0 atom stereocenters. The number of ether oxygens (including phenoxy) is 2. The number of carbonyl (C=O) groups is 3. The van der Waals surface area contributed by atoms with Crippen LogP contribution in [-0.4, -0.2) is 53.5 Å². The largest absolute Gasteiger partial charge is 0.449 e. The van der Waals surface area contributed by atoms with Gasteiger partial charge in [0.2, 0.25) is 0 Å². The Kier molecular flexibility index (Phi) is 8.00. The standard InChI is InChI=1S/C18H24N4O5S/c1-3-26-17(24)20-22(18(25)27-4-2)14(15(19)23)16-21(10-11-28-16)12-13-8-6-5-7-9-13/h5-9H,3-4,10-12H2,1-2H3,(H2,19,23)(H,20,24)/b16-14-. The minimum absolute atomic E-state index is 0.0576.